The Bertz CT molecular complexity index is 231. The lowest BCUT2D eigenvalue weighted by atomic mass is 9.96. The van der Waals surface area contributed by atoms with E-state index in [0.717, 1.165) is 25.7 Å². The first-order valence-electron chi connectivity index (χ1n) is 5.61. The van der Waals surface area contributed by atoms with Crippen LogP contribution < -0.4 is 0 Å². The second-order valence-electron chi connectivity index (χ2n) is 4.68. The van der Waals surface area contributed by atoms with Crippen molar-refractivity contribution in [1.29, 1.82) is 0 Å². The molecule has 0 aromatic carbocycles. The Morgan fingerprint density at radius 2 is 2.00 bits per heavy atom. The minimum absolute atomic E-state index is 0.102. The van der Waals surface area contributed by atoms with Crippen LogP contribution in [0.15, 0.2) is 0 Å². The van der Waals surface area contributed by atoms with E-state index in [-0.39, 0.29) is 12.2 Å². The molecule has 3 nitrogen and oxygen atoms in total. The third kappa shape index (κ3) is 1.38. The van der Waals surface area contributed by atoms with Gasteiger partial charge in [-0.1, -0.05) is 13.8 Å². The van der Waals surface area contributed by atoms with Crippen molar-refractivity contribution in [2.75, 3.05) is 0 Å². The fourth-order valence-corrected chi connectivity index (χ4v) is 2.50. The summed E-state index contributed by atoms with van der Waals surface area (Å²) in [4.78, 5) is 0. The molecule has 2 fully saturated rings. The molecule has 1 saturated carbocycles. The van der Waals surface area contributed by atoms with E-state index in [1.807, 2.05) is 20.8 Å². The molecular formula is C11H20O3. The van der Waals surface area contributed by atoms with Gasteiger partial charge in [0.1, 0.15) is 6.10 Å². The highest BCUT2D eigenvalue weighted by Crippen LogP contribution is 2.46. The van der Waals surface area contributed by atoms with Crippen molar-refractivity contribution < 1.29 is 14.6 Å². The lowest BCUT2D eigenvalue weighted by Gasteiger charge is -2.29. The molecule has 1 saturated heterocycles. The highest BCUT2D eigenvalue weighted by Gasteiger charge is 2.56. The van der Waals surface area contributed by atoms with Gasteiger partial charge in [-0.2, -0.15) is 0 Å². The zero-order chi connectivity index (χ0) is 10.4. The normalized spacial score (nSPS) is 52.3. The predicted octanol–water partition coefficient (Wildman–Crippen LogP) is 1.83. The van der Waals surface area contributed by atoms with E-state index in [9.17, 15) is 5.11 Å². The van der Waals surface area contributed by atoms with Crippen LogP contribution in [0.2, 0.25) is 0 Å². The van der Waals surface area contributed by atoms with E-state index in [4.69, 9.17) is 9.47 Å². The first kappa shape index (κ1) is 10.4. The van der Waals surface area contributed by atoms with Crippen LogP contribution in [0.1, 0.15) is 46.5 Å². The van der Waals surface area contributed by atoms with Crippen molar-refractivity contribution in [2.45, 2.75) is 70.1 Å². The molecule has 0 aromatic heterocycles. The zero-order valence-electron chi connectivity index (χ0n) is 9.25. The second kappa shape index (κ2) is 3.19. The quantitative estimate of drug-likeness (QED) is 0.739. The van der Waals surface area contributed by atoms with E-state index in [1.165, 1.54) is 0 Å². The lowest BCUT2D eigenvalue weighted by Crippen LogP contribution is -2.41. The maximum absolute atomic E-state index is 10.3. The molecule has 0 aromatic rings. The first-order valence-corrected chi connectivity index (χ1v) is 5.61. The van der Waals surface area contributed by atoms with Gasteiger partial charge in [-0.25, -0.2) is 0 Å². The number of rotatable bonds is 2. The van der Waals surface area contributed by atoms with E-state index < -0.39 is 11.4 Å². The number of fused-ring (bicyclic) bond motifs is 1. The van der Waals surface area contributed by atoms with E-state index in [0.29, 0.717) is 0 Å². The van der Waals surface area contributed by atoms with Crippen molar-refractivity contribution in [2.24, 2.45) is 0 Å². The number of aliphatic hydroxyl groups is 1. The Hall–Kier alpha value is -0.120. The Kier molecular flexibility index (Phi) is 2.37. The topological polar surface area (TPSA) is 38.7 Å². The molecule has 1 heterocycles. The van der Waals surface area contributed by atoms with Gasteiger partial charge < -0.3 is 14.6 Å². The third-order valence-corrected chi connectivity index (χ3v) is 3.76. The minimum Gasteiger partial charge on any atom is -0.387 e. The summed E-state index contributed by atoms with van der Waals surface area (Å²) in [6.07, 6.45) is 3.29. The maximum Gasteiger partial charge on any atom is 0.166 e. The average molecular weight is 200 g/mol. The molecule has 1 aliphatic heterocycles. The van der Waals surface area contributed by atoms with Gasteiger partial charge in [0.05, 0.1) is 11.7 Å². The summed E-state index contributed by atoms with van der Waals surface area (Å²) in [6, 6.07) is 0. The standard InChI is InChI=1S/C11H20O3/c1-4-10(3)13-8-6-7-11(12,5-2)9(8)14-10/h8-9,12H,4-7H2,1-3H3/t8-,9+,10-,11-/m1/s1. The Morgan fingerprint density at radius 3 is 2.57 bits per heavy atom. The van der Waals surface area contributed by atoms with Gasteiger partial charge in [0, 0.05) is 0 Å². The molecule has 82 valence electrons. The zero-order valence-corrected chi connectivity index (χ0v) is 9.25. The van der Waals surface area contributed by atoms with Gasteiger partial charge in [-0.3, -0.25) is 0 Å². The van der Waals surface area contributed by atoms with Crippen LogP contribution in [0.4, 0.5) is 0 Å². The number of hydrogen-bond acceptors (Lipinski definition) is 3. The largest absolute Gasteiger partial charge is 0.387 e. The molecule has 0 radical (unpaired) electrons. The van der Waals surface area contributed by atoms with Crippen LogP contribution in [-0.4, -0.2) is 28.7 Å². The molecule has 1 aliphatic carbocycles. The third-order valence-electron chi connectivity index (χ3n) is 3.76. The Labute approximate surface area is 85.4 Å². The molecule has 2 aliphatic rings. The van der Waals surface area contributed by atoms with Gasteiger partial charge in [-0.05, 0) is 32.6 Å². The lowest BCUT2D eigenvalue weighted by molar-refractivity contribution is -0.191. The number of ether oxygens (including phenoxy) is 2. The van der Waals surface area contributed by atoms with Crippen molar-refractivity contribution >= 4 is 0 Å². The summed E-state index contributed by atoms with van der Waals surface area (Å²) in [5.74, 6) is -0.473. The Morgan fingerprint density at radius 1 is 1.29 bits per heavy atom. The van der Waals surface area contributed by atoms with Gasteiger partial charge >= 0.3 is 0 Å². The van der Waals surface area contributed by atoms with Crippen LogP contribution in [0.3, 0.4) is 0 Å². The second-order valence-corrected chi connectivity index (χ2v) is 4.68. The fourth-order valence-electron chi connectivity index (χ4n) is 2.50. The van der Waals surface area contributed by atoms with E-state index in [1.54, 1.807) is 0 Å². The van der Waals surface area contributed by atoms with Crippen LogP contribution >= 0.6 is 0 Å². The minimum atomic E-state index is -0.655. The monoisotopic (exact) mass is 200 g/mol. The SMILES string of the molecule is CC[C@]1(C)O[C@@H]2CC[C@](O)(CC)[C@H]2O1. The van der Waals surface area contributed by atoms with Gasteiger partial charge in [-0.15, -0.1) is 0 Å². The molecule has 0 bridgehead atoms. The molecule has 0 spiro atoms. The van der Waals surface area contributed by atoms with Crippen LogP contribution in [-0.2, 0) is 9.47 Å². The van der Waals surface area contributed by atoms with Crippen molar-refractivity contribution in [3.8, 4) is 0 Å². The van der Waals surface area contributed by atoms with Crippen LogP contribution in [0.5, 0.6) is 0 Å². The van der Waals surface area contributed by atoms with Crippen LogP contribution in [0.25, 0.3) is 0 Å². The summed E-state index contributed by atoms with van der Waals surface area (Å²) in [5, 5.41) is 10.3. The average Bonchev–Trinajstić information content (AvgIpc) is 2.66. The predicted molar refractivity (Wildman–Crippen MR) is 52.9 cm³/mol. The molecule has 0 unspecified atom stereocenters. The summed E-state index contributed by atoms with van der Waals surface area (Å²) < 4.78 is 11.7. The summed E-state index contributed by atoms with van der Waals surface area (Å²) in [5.41, 5.74) is -0.655. The fraction of sp³-hybridized carbons (Fsp3) is 1.00. The smallest absolute Gasteiger partial charge is 0.166 e. The summed E-state index contributed by atoms with van der Waals surface area (Å²) >= 11 is 0. The molecule has 1 N–H and O–H groups in total. The van der Waals surface area contributed by atoms with Gasteiger partial charge in [0.25, 0.3) is 0 Å². The maximum atomic E-state index is 10.3. The van der Waals surface area contributed by atoms with E-state index in [2.05, 4.69) is 0 Å². The number of hydrogen-bond donors (Lipinski definition) is 1. The molecule has 4 atom stereocenters. The molecule has 2 rings (SSSR count). The van der Waals surface area contributed by atoms with Gasteiger partial charge in [0.2, 0.25) is 0 Å². The highest BCUT2D eigenvalue weighted by atomic mass is 16.8. The molecule has 0 amide bonds. The van der Waals surface area contributed by atoms with E-state index >= 15 is 0 Å². The van der Waals surface area contributed by atoms with Crippen LogP contribution in [0, 0.1) is 0 Å². The molecule has 3 heteroatoms. The van der Waals surface area contributed by atoms with Crippen molar-refractivity contribution in [1.82, 2.24) is 0 Å². The Balaban J connectivity index is 2.14. The summed E-state index contributed by atoms with van der Waals surface area (Å²) in [7, 11) is 0. The van der Waals surface area contributed by atoms with Crippen molar-refractivity contribution in [3.63, 3.8) is 0 Å². The first-order chi connectivity index (χ1) is 6.53. The van der Waals surface area contributed by atoms with Crippen molar-refractivity contribution in [3.05, 3.63) is 0 Å². The highest BCUT2D eigenvalue weighted by molar-refractivity contribution is 5.03. The molecular weight excluding hydrogens is 180 g/mol. The molecule has 14 heavy (non-hydrogen) atoms. The summed E-state index contributed by atoms with van der Waals surface area (Å²) in [6.45, 7) is 6.01. The van der Waals surface area contributed by atoms with Gasteiger partial charge in [0.15, 0.2) is 5.79 Å².